The third-order valence-corrected chi connectivity index (χ3v) is 9.38. The van der Waals surface area contributed by atoms with Gasteiger partial charge in [-0.2, -0.15) is 0 Å². The molecule has 1 aliphatic rings. The highest BCUT2D eigenvalue weighted by Gasteiger charge is 2.24. The molecule has 0 saturated carbocycles. The number of carbonyl (C=O) groups is 3. The van der Waals surface area contributed by atoms with E-state index in [0.29, 0.717) is 70.9 Å². The topological polar surface area (TPSA) is 136 Å². The second kappa shape index (κ2) is 18.8. The van der Waals surface area contributed by atoms with E-state index in [4.69, 9.17) is 33.2 Å². The van der Waals surface area contributed by atoms with Gasteiger partial charge in [-0.1, -0.05) is 19.7 Å². The van der Waals surface area contributed by atoms with Gasteiger partial charge in [-0.05, 0) is 115 Å². The summed E-state index contributed by atoms with van der Waals surface area (Å²) in [5, 5.41) is 10.4. The van der Waals surface area contributed by atoms with Gasteiger partial charge in [0.2, 0.25) is 0 Å². The third kappa shape index (κ3) is 9.48. The lowest BCUT2D eigenvalue weighted by atomic mass is 9.88. The van der Waals surface area contributed by atoms with Gasteiger partial charge in [-0.3, -0.25) is 0 Å². The van der Waals surface area contributed by atoms with Crippen LogP contribution in [0.3, 0.4) is 0 Å². The summed E-state index contributed by atoms with van der Waals surface area (Å²) < 4.78 is 40.9. The Kier molecular flexibility index (Phi) is 13.7. The van der Waals surface area contributed by atoms with Gasteiger partial charge in [0, 0.05) is 43.9 Å². The quantitative estimate of drug-likeness (QED) is 0.0747. The molecule has 4 aromatic rings. The zero-order valence-corrected chi connectivity index (χ0v) is 32.2. The summed E-state index contributed by atoms with van der Waals surface area (Å²) in [5.41, 5.74) is 9.01. The van der Waals surface area contributed by atoms with Crippen LogP contribution in [0, 0.1) is 0 Å². The van der Waals surface area contributed by atoms with Crippen LogP contribution in [0.4, 0.5) is 0 Å². The molecule has 292 valence electrons. The zero-order chi connectivity index (χ0) is 40.4. The van der Waals surface area contributed by atoms with Crippen molar-refractivity contribution in [3.05, 3.63) is 153 Å². The standard InChI is InChI=1S/C45H46O11/c1-8-39(47)54-24-28-13-33-19-31-11-27(23-46)12-32(42(31)50-4)20-34-14-29(25-55-40(48)9-2)16-36(44(34)52-6)22-38-18-30(26-56-41(49)10-3)17-37(45(38)53-7)21-35(15-28)43(33)51-5/h8-18,46H,1-3,19-26H2,4-7H3. The molecule has 0 amide bonds. The summed E-state index contributed by atoms with van der Waals surface area (Å²) in [6.45, 7) is 10.3. The number of esters is 3. The second-order valence-electron chi connectivity index (χ2n) is 13.1. The molecular formula is C45H46O11. The molecule has 5 rings (SSSR count). The van der Waals surface area contributed by atoms with Gasteiger partial charge >= 0.3 is 17.9 Å². The Morgan fingerprint density at radius 3 is 0.857 bits per heavy atom. The van der Waals surface area contributed by atoms with E-state index in [1.807, 2.05) is 48.5 Å². The van der Waals surface area contributed by atoms with Gasteiger partial charge in [0.25, 0.3) is 0 Å². The second-order valence-corrected chi connectivity index (χ2v) is 13.1. The van der Waals surface area contributed by atoms with E-state index < -0.39 is 17.9 Å². The van der Waals surface area contributed by atoms with Crippen LogP contribution in [-0.2, 0) is 80.7 Å². The first-order valence-corrected chi connectivity index (χ1v) is 17.8. The minimum absolute atomic E-state index is 0.0211. The van der Waals surface area contributed by atoms with Gasteiger partial charge in [0.1, 0.15) is 42.8 Å². The SMILES string of the molecule is C=CC(=O)OCc1cc2c(OC)c(c1)Cc1cc(COC(=O)C=C)cc(c1OC)Cc1cc(COC(=O)C=C)cc(c1OC)Cc1cc(CO)cc(c1OC)C2. The van der Waals surface area contributed by atoms with Crippen LogP contribution < -0.4 is 18.9 Å². The van der Waals surface area contributed by atoms with Crippen molar-refractivity contribution in [2.75, 3.05) is 28.4 Å². The molecule has 0 saturated heterocycles. The lowest BCUT2D eigenvalue weighted by molar-refractivity contribution is -0.139. The van der Waals surface area contributed by atoms with E-state index in [-0.39, 0.29) is 26.4 Å². The molecule has 56 heavy (non-hydrogen) atoms. The lowest BCUT2D eigenvalue weighted by Gasteiger charge is -2.23. The van der Waals surface area contributed by atoms with E-state index in [2.05, 4.69) is 19.7 Å². The average Bonchev–Trinajstić information content (AvgIpc) is 3.20. The number of ether oxygens (including phenoxy) is 7. The van der Waals surface area contributed by atoms with Crippen LogP contribution >= 0.6 is 0 Å². The Morgan fingerprint density at radius 2 is 0.679 bits per heavy atom. The van der Waals surface area contributed by atoms with Crippen molar-refractivity contribution in [1.29, 1.82) is 0 Å². The number of fused-ring (bicyclic) bond motifs is 8. The monoisotopic (exact) mass is 762 g/mol. The molecule has 0 fully saturated rings. The fourth-order valence-electron chi connectivity index (χ4n) is 7.21. The van der Waals surface area contributed by atoms with Crippen molar-refractivity contribution < 1.29 is 52.6 Å². The number of aliphatic hydroxyl groups excluding tert-OH is 1. The summed E-state index contributed by atoms with van der Waals surface area (Å²) in [7, 11) is 6.39. The number of hydrogen-bond donors (Lipinski definition) is 1. The largest absolute Gasteiger partial charge is 0.496 e. The first-order chi connectivity index (χ1) is 27.1. The van der Waals surface area contributed by atoms with Crippen LogP contribution in [0.5, 0.6) is 23.0 Å². The highest BCUT2D eigenvalue weighted by Crippen LogP contribution is 2.40. The molecule has 8 bridgehead atoms. The van der Waals surface area contributed by atoms with Crippen molar-refractivity contribution in [1.82, 2.24) is 0 Å². The summed E-state index contributed by atoms with van der Waals surface area (Å²) in [5.74, 6) is 0.720. The van der Waals surface area contributed by atoms with Crippen molar-refractivity contribution >= 4 is 17.9 Å². The molecule has 0 radical (unpaired) electrons. The number of benzene rings is 4. The molecular weight excluding hydrogens is 716 g/mol. The average molecular weight is 763 g/mol. The Hall–Kier alpha value is -6.33. The Labute approximate surface area is 326 Å². The number of methoxy groups -OCH3 is 4. The van der Waals surface area contributed by atoms with E-state index >= 15 is 0 Å². The molecule has 0 aliphatic heterocycles. The number of rotatable bonds is 14. The Morgan fingerprint density at radius 1 is 0.464 bits per heavy atom. The minimum Gasteiger partial charge on any atom is -0.496 e. The number of aliphatic hydroxyl groups is 1. The molecule has 0 unspecified atom stereocenters. The van der Waals surface area contributed by atoms with E-state index in [1.54, 1.807) is 28.4 Å². The highest BCUT2D eigenvalue weighted by molar-refractivity contribution is 5.82. The summed E-state index contributed by atoms with van der Waals surface area (Å²) in [6.07, 6.45) is 4.58. The molecule has 0 spiro atoms. The number of hydrogen-bond acceptors (Lipinski definition) is 11. The lowest BCUT2D eigenvalue weighted by Crippen LogP contribution is -2.10. The van der Waals surface area contributed by atoms with Gasteiger partial charge in [-0.25, -0.2) is 14.4 Å². The molecule has 11 nitrogen and oxygen atoms in total. The van der Waals surface area contributed by atoms with Crippen LogP contribution in [0.2, 0.25) is 0 Å². The summed E-state index contributed by atoms with van der Waals surface area (Å²) in [4.78, 5) is 36.5. The maximum Gasteiger partial charge on any atom is 0.330 e. The van der Waals surface area contributed by atoms with Crippen LogP contribution in [0.15, 0.2) is 86.5 Å². The zero-order valence-electron chi connectivity index (χ0n) is 32.2. The van der Waals surface area contributed by atoms with Crippen LogP contribution in [0.25, 0.3) is 0 Å². The van der Waals surface area contributed by atoms with Crippen molar-refractivity contribution in [2.45, 2.75) is 52.1 Å². The fourth-order valence-corrected chi connectivity index (χ4v) is 7.21. The molecule has 1 N–H and O–H groups in total. The molecule has 0 atom stereocenters. The van der Waals surface area contributed by atoms with Gasteiger partial charge < -0.3 is 38.3 Å². The Balaban J connectivity index is 1.84. The minimum atomic E-state index is -0.567. The highest BCUT2D eigenvalue weighted by atomic mass is 16.5. The first kappa shape index (κ1) is 40.8. The van der Waals surface area contributed by atoms with Crippen LogP contribution in [0.1, 0.15) is 66.8 Å². The van der Waals surface area contributed by atoms with Gasteiger partial charge in [0.15, 0.2) is 0 Å². The van der Waals surface area contributed by atoms with Crippen molar-refractivity contribution in [3.63, 3.8) is 0 Å². The van der Waals surface area contributed by atoms with Crippen molar-refractivity contribution in [2.24, 2.45) is 0 Å². The van der Waals surface area contributed by atoms with E-state index in [9.17, 15) is 19.5 Å². The number of carbonyl (C=O) groups excluding carboxylic acids is 3. The summed E-state index contributed by atoms with van der Waals surface area (Å²) >= 11 is 0. The van der Waals surface area contributed by atoms with Crippen LogP contribution in [-0.4, -0.2) is 51.5 Å². The maximum atomic E-state index is 12.2. The van der Waals surface area contributed by atoms with Crippen molar-refractivity contribution in [3.8, 4) is 23.0 Å². The smallest absolute Gasteiger partial charge is 0.330 e. The summed E-state index contributed by atoms with van der Waals surface area (Å²) in [6, 6.07) is 15.3. The molecule has 11 heteroatoms. The molecule has 1 aliphatic carbocycles. The molecule has 4 aromatic carbocycles. The molecule has 0 heterocycles. The van der Waals surface area contributed by atoms with E-state index in [0.717, 1.165) is 62.7 Å². The van der Waals surface area contributed by atoms with Gasteiger partial charge in [0.05, 0.1) is 35.0 Å². The Bertz CT molecular complexity index is 2030. The molecule has 0 aromatic heterocycles. The normalized spacial score (nSPS) is 11.7. The first-order valence-electron chi connectivity index (χ1n) is 17.8. The van der Waals surface area contributed by atoms with E-state index in [1.165, 1.54) is 0 Å². The van der Waals surface area contributed by atoms with Gasteiger partial charge in [-0.15, -0.1) is 0 Å². The maximum absolute atomic E-state index is 12.2. The third-order valence-electron chi connectivity index (χ3n) is 9.38. The fraction of sp³-hybridized carbons (Fsp3) is 0.267. The predicted molar refractivity (Wildman–Crippen MR) is 209 cm³/mol. The predicted octanol–water partition coefficient (Wildman–Crippen LogP) is 6.58.